The largest absolute Gasteiger partial charge is 0.397 e. The third kappa shape index (κ3) is 3.65. The number of halogens is 1. The lowest BCUT2D eigenvalue weighted by molar-refractivity contribution is 0.602. The summed E-state index contributed by atoms with van der Waals surface area (Å²) in [6, 6.07) is 8.72. The van der Waals surface area contributed by atoms with E-state index in [0.29, 0.717) is 10.6 Å². The highest BCUT2D eigenvalue weighted by Crippen LogP contribution is 2.27. The van der Waals surface area contributed by atoms with Crippen molar-refractivity contribution < 1.29 is 4.39 Å². The Bertz CT molecular complexity index is 472. The van der Waals surface area contributed by atoms with Crippen LogP contribution >= 0.6 is 23.5 Å². The number of hydrogen-bond acceptors (Lipinski definition) is 4. The molecule has 0 aliphatic carbocycles. The van der Waals surface area contributed by atoms with Gasteiger partial charge in [0.1, 0.15) is 5.82 Å². The minimum atomic E-state index is -0.157. The zero-order valence-corrected chi connectivity index (χ0v) is 11.3. The standard InChI is InChI=1S/C13H13FN2S2/c14-10-3-1-2-4-12(10)17-7-8-18-13-5-6-16-9-11(13)15/h1-6,9H,7-8,15H2. The zero-order valence-electron chi connectivity index (χ0n) is 9.67. The van der Waals surface area contributed by atoms with Gasteiger partial charge in [-0.1, -0.05) is 12.1 Å². The molecule has 0 bridgehead atoms. The van der Waals surface area contributed by atoms with Crippen LogP contribution in [0.5, 0.6) is 0 Å². The van der Waals surface area contributed by atoms with Crippen molar-refractivity contribution in [3.8, 4) is 0 Å². The summed E-state index contributed by atoms with van der Waals surface area (Å²) in [5.74, 6) is 1.57. The molecule has 0 fully saturated rings. The molecule has 2 aromatic rings. The number of benzene rings is 1. The van der Waals surface area contributed by atoms with E-state index in [-0.39, 0.29) is 5.82 Å². The first-order valence-electron chi connectivity index (χ1n) is 5.47. The minimum Gasteiger partial charge on any atom is -0.397 e. The SMILES string of the molecule is Nc1cnccc1SCCSc1ccccc1F. The average Bonchev–Trinajstić information content (AvgIpc) is 2.38. The normalized spacial score (nSPS) is 10.5. The number of nitrogens with two attached hydrogens (primary N) is 1. The number of aromatic nitrogens is 1. The molecule has 0 saturated heterocycles. The average molecular weight is 280 g/mol. The van der Waals surface area contributed by atoms with Gasteiger partial charge in [-0.3, -0.25) is 4.98 Å². The molecule has 1 heterocycles. The second kappa shape index (κ2) is 6.66. The van der Waals surface area contributed by atoms with Crippen molar-refractivity contribution in [2.45, 2.75) is 9.79 Å². The topological polar surface area (TPSA) is 38.9 Å². The maximum Gasteiger partial charge on any atom is 0.136 e. The summed E-state index contributed by atoms with van der Waals surface area (Å²) >= 11 is 3.18. The Labute approximate surface area is 114 Å². The molecule has 1 aromatic heterocycles. The van der Waals surface area contributed by atoms with Gasteiger partial charge in [0.15, 0.2) is 0 Å². The Balaban J connectivity index is 1.80. The maximum absolute atomic E-state index is 13.3. The molecule has 18 heavy (non-hydrogen) atoms. The van der Waals surface area contributed by atoms with E-state index in [1.165, 1.54) is 17.8 Å². The highest BCUT2D eigenvalue weighted by molar-refractivity contribution is 8.03. The number of rotatable bonds is 5. The monoisotopic (exact) mass is 280 g/mol. The van der Waals surface area contributed by atoms with Crippen molar-refractivity contribution in [1.29, 1.82) is 0 Å². The van der Waals surface area contributed by atoms with Crippen LogP contribution in [0.2, 0.25) is 0 Å². The molecular formula is C13H13FN2S2. The molecule has 5 heteroatoms. The summed E-state index contributed by atoms with van der Waals surface area (Å²) in [6.45, 7) is 0. The molecule has 0 unspecified atom stereocenters. The van der Waals surface area contributed by atoms with Crippen molar-refractivity contribution in [3.63, 3.8) is 0 Å². The number of hydrogen-bond donors (Lipinski definition) is 1. The molecule has 1 aromatic carbocycles. The number of thioether (sulfide) groups is 2. The predicted molar refractivity (Wildman–Crippen MR) is 76.5 cm³/mol. The molecule has 0 atom stereocenters. The first kappa shape index (κ1) is 13.2. The summed E-state index contributed by atoms with van der Waals surface area (Å²) in [5, 5.41) is 0. The van der Waals surface area contributed by atoms with Gasteiger partial charge in [-0.2, -0.15) is 0 Å². The number of nitrogens with zero attached hydrogens (tertiary/aromatic N) is 1. The van der Waals surface area contributed by atoms with Gasteiger partial charge in [0, 0.05) is 27.5 Å². The van der Waals surface area contributed by atoms with E-state index in [2.05, 4.69) is 4.98 Å². The van der Waals surface area contributed by atoms with Gasteiger partial charge in [0.2, 0.25) is 0 Å². The van der Waals surface area contributed by atoms with E-state index < -0.39 is 0 Å². The first-order valence-corrected chi connectivity index (χ1v) is 7.44. The van der Waals surface area contributed by atoms with Gasteiger partial charge in [-0.05, 0) is 18.2 Å². The summed E-state index contributed by atoms with van der Waals surface area (Å²) in [4.78, 5) is 5.66. The Hall–Kier alpha value is -1.20. The zero-order chi connectivity index (χ0) is 12.8. The third-order valence-corrected chi connectivity index (χ3v) is 4.65. The Morgan fingerprint density at radius 2 is 1.78 bits per heavy atom. The summed E-state index contributed by atoms with van der Waals surface area (Å²) in [6.07, 6.45) is 3.37. The lowest BCUT2D eigenvalue weighted by atomic mass is 10.3. The van der Waals surface area contributed by atoms with E-state index in [1.54, 1.807) is 36.3 Å². The maximum atomic E-state index is 13.3. The first-order chi connectivity index (χ1) is 8.77. The minimum absolute atomic E-state index is 0.157. The van der Waals surface area contributed by atoms with Crippen LogP contribution in [0.4, 0.5) is 10.1 Å². The van der Waals surface area contributed by atoms with Crippen molar-refractivity contribution >= 4 is 29.2 Å². The van der Waals surface area contributed by atoms with Crippen LogP contribution in [0, 0.1) is 5.82 Å². The summed E-state index contributed by atoms with van der Waals surface area (Å²) in [7, 11) is 0. The molecule has 0 saturated carbocycles. The van der Waals surface area contributed by atoms with E-state index >= 15 is 0 Å². The van der Waals surface area contributed by atoms with Crippen LogP contribution in [0.15, 0.2) is 52.5 Å². The molecule has 0 radical (unpaired) electrons. The van der Waals surface area contributed by atoms with Crippen LogP contribution in [0.3, 0.4) is 0 Å². The fourth-order valence-electron chi connectivity index (χ4n) is 1.39. The van der Waals surface area contributed by atoms with E-state index in [0.717, 1.165) is 16.4 Å². The quantitative estimate of drug-likeness (QED) is 0.669. The summed E-state index contributed by atoms with van der Waals surface area (Å²) < 4.78 is 13.3. The number of pyridine rings is 1. The molecule has 0 amide bonds. The number of anilines is 1. The Kier molecular flexibility index (Phi) is 4.90. The van der Waals surface area contributed by atoms with Gasteiger partial charge in [0.05, 0.1) is 11.9 Å². The molecule has 2 nitrogen and oxygen atoms in total. The second-order valence-electron chi connectivity index (χ2n) is 3.54. The molecule has 0 spiro atoms. The Morgan fingerprint density at radius 1 is 1.06 bits per heavy atom. The van der Waals surface area contributed by atoms with E-state index in [4.69, 9.17) is 5.73 Å². The molecular weight excluding hydrogens is 267 g/mol. The number of nitrogen functional groups attached to an aromatic ring is 1. The molecule has 0 aliphatic rings. The van der Waals surface area contributed by atoms with E-state index in [1.807, 2.05) is 12.1 Å². The van der Waals surface area contributed by atoms with Crippen molar-refractivity contribution in [2.24, 2.45) is 0 Å². The lowest BCUT2D eigenvalue weighted by Gasteiger charge is -2.05. The third-order valence-electron chi connectivity index (χ3n) is 2.25. The van der Waals surface area contributed by atoms with E-state index in [9.17, 15) is 4.39 Å². The van der Waals surface area contributed by atoms with Gasteiger partial charge < -0.3 is 5.73 Å². The highest BCUT2D eigenvalue weighted by atomic mass is 32.2. The predicted octanol–water partition coefficient (Wildman–Crippen LogP) is 3.69. The van der Waals surface area contributed by atoms with Crippen LogP contribution in [0.25, 0.3) is 0 Å². The molecule has 94 valence electrons. The molecule has 2 rings (SSSR count). The second-order valence-corrected chi connectivity index (χ2v) is 5.81. The van der Waals surface area contributed by atoms with Crippen molar-refractivity contribution in [2.75, 3.05) is 17.2 Å². The van der Waals surface area contributed by atoms with Crippen LogP contribution < -0.4 is 5.73 Å². The Morgan fingerprint density at radius 3 is 2.50 bits per heavy atom. The van der Waals surface area contributed by atoms with Crippen LogP contribution in [0.1, 0.15) is 0 Å². The van der Waals surface area contributed by atoms with Crippen molar-refractivity contribution in [1.82, 2.24) is 4.98 Å². The highest BCUT2D eigenvalue weighted by Gasteiger charge is 2.02. The fraction of sp³-hybridized carbons (Fsp3) is 0.154. The van der Waals surface area contributed by atoms with Gasteiger partial charge in [-0.15, -0.1) is 23.5 Å². The van der Waals surface area contributed by atoms with Crippen LogP contribution in [-0.4, -0.2) is 16.5 Å². The van der Waals surface area contributed by atoms with Crippen molar-refractivity contribution in [3.05, 3.63) is 48.5 Å². The molecule has 0 aliphatic heterocycles. The van der Waals surface area contributed by atoms with Crippen LogP contribution in [-0.2, 0) is 0 Å². The van der Waals surface area contributed by atoms with Gasteiger partial charge in [0.25, 0.3) is 0 Å². The van der Waals surface area contributed by atoms with Gasteiger partial charge >= 0.3 is 0 Å². The fourth-order valence-corrected chi connectivity index (χ4v) is 3.25. The van der Waals surface area contributed by atoms with Gasteiger partial charge in [-0.25, -0.2) is 4.39 Å². The molecule has 2 N–H and O–H groups in total. The lowest BCUT2D eigenvalue weighted by Crippen LogP contribution is -1.91. The smallest absolute Gasteiger partial charge is 0.136 e. The summed E-state index contributed by atoms with van der Waals surface area (Å²) in [5.41, 5.74) is 6.48.